The highest BCUT2D eigenvalue weighted by atomic mass is 35.5. The topological polar surface area (TPSA) is 68.3 Å². The second-order valence-electron chi connectivity index (χ2n) is 3.00. The van der Waals surface area contributed by atoms with Crippen molar-refractivity contribution in [2.45, 2.75) is 0 Å². The van der Waals surface area contributed by atoms with Crippen molar-refractivity contribution in [2.24, 2.45) is 0 Å². The molecule has 0 atom stereocenters. The van der Waals surface area contributed by atoms with E-state index in [4.69, 9.17) is 11.6 Å². The molecule has 0 spiro atoms. The molecule has 1 aromatic heterocycles. The maximum atomic E-state index is 11.5. The molecule has 0 aromatic carbocycles. The predicted octanol–water partition coefficient (Wildman–Crippen LogP) is 1.19. The van der Waals surface area contributed by atoms with Gasteiger partial charge in [-0.25, -0.2) is 9.78 Å². The first-order valence-corrected chi connectivity index (χ1v) is 5.15. The lowest BCUT2D eigenvalue weighted by molar-refractivity contribution is -0.134. The number of methoxy groups -OCH3 is 1. The zero-order chi connectivity index (χ0) is 12.7. The third-order valence-electron chi connectivity index (χ3n) is 1.80. The lowest BCUT2D eigenvalue weighted by Crippen LogP contribution is -2.24. The summed E-state index contributed by atoms with van der Waals surface area (Å²) in [6, 6.07) is 3.09. The second kappa shape index (κ2) is 6.65. The van der Waals surface area contributed by atoms with Crippen molar-refractivity contribution in [2.75, 3.05) is 13.7 Å². The number of halogens is 1. The highest BCUT2D eigenvalue weighted by Gasteiger charge is 2.04. The fourth-order valence-electron chi connectivity index (χ4n) is 0.976. The molecule has 1 N–H and O–H groups in total. The van der Waals surface area contributed by atoms with Gasteiger partial charge < -0.3 is 10.1 Å². The number of esters is 1. The summed E-state index contributed by atoms with van der Waals surface area (Å²) in [6.45, 7) is 0.220. The Hall–Kier alpha value is -1.88. The van der Waals surface area contributed by atoms with E-state index in [9.17, 15) is 9.59 Å². The Morgan fingerprint density at radius 3 is 2.88 bits per heavy atom. The first-order chi connectivity index (χ1) is 8.13. The number of nitrogens with zero attached hydrogens (tertiary/aromatic N) is 1. The molecule has 0 saturated heterocycles. The Bertz CT molecular complexity index is 429. The summed E-state index contributed by atoms with van der Waals surface area (Å²) in [4.78, 5) is 26.1. The van der Waals surface area contributed by atoms with Crippen LogP contribution in [0, 0.1) is 0 Å². The van der Waals surface area contributed by atoms with E-state index in [1.54, 1.807) is 6.07 Å². The second-order valence-corrected chi connectivity index (χ2v) is 3.43. The van der Waals surface area contributed by atoms with Crippen molar-refractivity contribution in [1.82, 2.24) is 10.3 Å². The number of pyridine rings is 1. The average molecular weight is 255 g/mol. The van der Waals surface area contributed by atoms with E-state index in [0.717, 1.165) is 0 Å². The van der Waals surface area contributed by atoms with Gasteiger partial charge in [-0.2, -0.15) is 0 Å². The molecule has 90 valence electrons. The molecule has 0 radical (unpaired) electrons. The molecule has 0 unspecified atom stereocenters. The van der Waals surface area contributed by atoms with Crippen molar-refractivity contribution in [3.05, 3.63) is 41.2 Å². The average Bonchev–Trinajstić information content (AvgIpc) is 2.34. The first kappa shape index (κ1) is 13.2. The number of nitrogens with one attached hydrogen (secondary N) is 1. The summed E-state index contributed by atoms with van der Waals surface area (Å²) in [6.07, 6.45) is 4.11. The van der Waals surface area contributed by atoms with Gasteiger partial charge >= 0.3 is 5.97 Å². The summed E-state index contributed by atoms with van der Waals surface area (Å²) in [5.41, 5.74) is 0.265. The van der Waals surface area contributed by atoms with Crippen LogP contribution in [-0.4, -0.2) is 30.5 Å². The van der Waals surface area contributed by atoms with Crippen LogP contribution in [0.25, 0.3) is 0 Å². The third-order valence-corrected chi connectivity index (χ3v) is 2.02. The van der Waals surface area contributed by atoms with Crippen molar-refractivity contribution in [1.29, 1.82) is 0 Å². The molecule has 6 heteroatoms. The van der Waals surface area contributed by atoms with E-state index in [1.807, 2.05) is 0 Å². The minimum Gasteiger partial charge on any atom is -0.466 e. The van der Waals surface area contributed by atoms with E-state index in [0.29, 0.717) is 5.02 Å². The minimum atomic E-state index is -0.469. The normalized spacial score (nSPS) is 10.2. The van der Waals surface area contributed by atoms with Gasteiger partial charge in [0.25, 0.3) is 5.91 Å². The molecule has 1 amide bonds. The summed E-state index contributed by atoms with van der Waals surface area (Å²) in [7, 11) is 1.28. The minimum absolute atomic E-state index is 0.220. The van der Waals surface area contributed by atoms with Gasteiger partial charge in [0.1, 0.15) is 5.69 Å². The van der Waals surface area contributed by atoms with Gasteiger partial charge in [-0.05, 0) is 12.1 Å². The summed E-state index contributed by atoms with van der Waals surface area (Å²) >= 11 is 5.64. The largest absolute Gasteiger partial charge is 0.466 e. The standard InChI is InChI=1S/C11H11ClN2O3/c1-17-10(15)3-2-6-13-11(16)9-5-4-8(12)7-14-9/h2-5,7H,6H2,1H3,(H,13,16)/b3-2+. The SMILES string of the molecule is COC(=O)/C=C/CNC(=O)c1ccc(Cl)cn1. The maximum Gasteiger partial charge on any atom is 0.330 e. The summed E-state index contributed by atoms with van der Waals surface area (Å²) in [5.74, 6) is -0.806. The lowest BCUT2D eigenvalue weighted by Gasteiger charge is -2.00. The van der Waals surface area contributed by atoms with Crippen LogP contribution in [0.5, 0.6) is 0 Å². The molecule has 0 fully saturated rings. The van der Waals surface area contributed by atoms with Crippen LogP contribution >= 0.6 is 11.6 Å². The molecule has 1 rings (SSSR count). The monoisotopic (exact) mass is 254 g/mol. The van der Waals surface area contributed by atoms with Crippen LogP contribution in [-0.2, 0) is 9.53 Å². The molecular weight excluding hydrogens is 244 g/mol. The van der Waals surface area contributed by atoms with Crippen LogP contribution in [0.2, 0.25) is 5.02 Å². The van der Waals surface area contributed by atoms with Gasteiger partial charge in [0, 0.05) is 18.8 Å². The zero-order valence-corrected chi connectivity index (χ0v) is 9.90. The molecule has 0 bridgehead atoms. The van der Waals surface area contributed by atoms with Crippen molar-refractivity contribution in [3.63, 3.8) is 0 Å². The van der Waals surface area contributed by atoms with E-state index in [-0.39, 0.29) is 18.1 Å². The van der Waals surface area contributed by atoms with E-state index in [1.165, 1.54) is 31.5 Å². The Kier molecular flexibility index (Phi) is 5.16. The maximum absolute atomic E-state index is 11.5. The third kappa shape index (κ3) is 4.65. The number of rotatable bonds is 4. The van der Waals surface area contributed by atoms with Gasteiger partial charge in [0.05, 0.1) is 12.1 Å². The molecule has 0 aliphatic carbocycles. The molecule has 0 saturated carbocycles. The quantitative estimate of drug-likeness (QED) is 0.647. The van der Waals surface area contributed by atoms with Crippen LogP contribution in [0.15, 0.2) is 30.5 Å². The molecule has 1 aromatic rings. The Labute approximate surface area is 103 Å². The highest BCUT2D eigenvalue weighted by molar-refractivity contribution is 6.30. The molecule has 17 heavy (non-hydrogen) atoms. The van der Waals surface area contributed by atoms with Crippen molar-refractivity contribution in [3.8, 4) is 0 Å². The van der Waals surface area contributed by atoms with Gasteiger partial charge in [0.15, 0.2) is 0 Å². The van der Waals surface area contributed by atoms with Crippen molar-refractivity contribution < 1.29 is 14.3 Å². The smallest absolute Gasteiger partial charge is 0.330 e. The fourth-order valence-corrected chi connectivity index (χ4v) is 1.09. The van der Waals surface area contributed by atoms with E-state index >= 15 is 0 Å². The first-order valence-electron chi connectivity index (χ1n) is 4.77. The number of hydrogen-bond acceptors (Lipinski definition) is 4. The molecule has 5 nitrogen and oxygen atoms in total. The lowest BCUT2D eigenvalue weighted by atomic mass is 10.3. The molecule has 1 heterocycles. The molecular formula is C11H11ClN2O3. The van der Waals surface area contributed by atoms with Gasteiger partial charge in [-0.15, -0.1) is 0 Å². The molecule has 0 aliphatic heterocycles. The van der Waals surface area contributed by atoms with Gasteiger partial charge in [0.2, 0.25) is 0 Å². The van der Waals surface area contributed by atoms with Crippen LogP contribution in [0.3, 0.4) is 0 Å². The number of ether oxygens (including phenoxy) is 1. The number of amides is 1. The summed E-state index contributed by atoms with van der Waals surface area (Å²) in [5, 5.41) is 3.02. The zero-order valence-electron chi connectivity index (χ0n) is 9.14. The fraction of sp³-hybridized carbons (Fsp3) is 0.182. The van der Waals surface area contributed by atoms with Gasteiger partial charge in [-0.3, -0.25) is 4.79 Å². The summed E-state index contributed by atoms with van der Waals surface area (Å²) < 4.78 is 4.39. The predicted molar refractivity (Wildman–Crippen MR) is 62.7 cm³/mol. The number of carbonyl (C=O) groups is 2. The Morgan fingerprint density at radius 1 is 1.53 bits per heavy atom. The highest BCUT2D eigenvalue weighted by Crippen LogP contribution is 2.05. The van der Waals surface area contributed by atoms with Crippen molar-refractivity contribution >= 4 is 23.5 Å². The Balaban J connectivity index is 2.42. The van der Waals surface area contributed by atoms with Gasteiger partial charge in [-0.1, -0.05) is 17.7 Å². The van der Waals surface area contributed by atoms with Crippen LogP contribution < -0.4 is 5.32 Å². The van der Waals surface area contributed by atoms with E-state index in [2.05, 4.69) is 15.0 Å². The van der Waals surface area contributed by atoms with E-state index < -0.39 is 5.97 Å². The van der Waals surface area contributed by atoms with Crippen LogP contribution in [0.4, 0.5) is 0 Å². The van der Waals surface area contributed by atoms with Crippen LogP contribution in [0.1, 0.15) is 10.5 Å². The molecule has 0 aliphatic rings. The number of aromatic nitrogens is 1. The number of carbonyl (C=O) groups excluding carboxylic acids is 2. The number of hydrogen-bond donors (Lipinski definition) is 1. The Morgan fingerprint density at radius 2 is 2.29 bits per heavy atom.